The lowest BCUT2D eigenvalue weighted by Gasteiger charge is -2.25. The Morgan fingerprint density at radius 2 is 1.56 bits per heavy atom. The number of carbonyl (C=O) groups is 3. The summed E-state index contributed by atoms with van der Waals surface area (Å²) in [6.45, 7) is 4.04. The van der Waals surface area contributed by atoms with E-state index in [0.29, 0.717) is 34.7 Å². The van der Waals surface area contributed by atoms with Crippen LogP contribution in [0.4, 0.5) is 15.8 Å². The topological polar surface area (TPSA) is 84.9 Å². The van der Waals surface area contributed by atoms with Crippen molar-refractivity contribution in [2.24, 2.45) is 5.92 Å². The number of ketones is 1. The van der Waals surface area contributed by atoms with Gasteiger partial charge < -0.3 is 19.7 Å². The zero-order valence-corrected chi connectivity index (χ0v) is 24.5. The monoisotopic (exact) mass is 582 g/mol. The van der Waals surface area contributed by atoms with Crippen molar-refractivity contribution in [1.82, 2.24) is 0 Å². The van der Waals surface area contributed by atoms with E-state index in [1.807, 2.05) is 18.2 Å². The SMILES string of the molecule is COC(=O)[C@H](Cc1ccc(OCCN(C(=O)C(C)C)c2cccc(F)c2)cc1)Nc1ccccc1C(=O)c1ccccc1. The lowest BCUT2D eigenvalue weighted by Crippen LogP contribution is -2.37. The van der Waals surface area contributed by atoms with Crippen LogP contribution in [0.5, 0.6) is 5.75 Å². The number of para-hydroxylation sites is 1. The van der Waals surface area contributed by atoms with E-state index in [1.165, 1.54) is 24.1 Å². The number of nitrogens with zero attached hydrogens (tertiary/aromatic N) is 1. The van der Waals surface area contributed by atoms with Crippen molar-refractivity contribution in [3.63, 3.8) is 0 Å². The Hall–Kier alpha value is -4.98. The molecule has 8 heteroatoms. The van der Waals surface area contributed by atoms with Gasteiger partial charge in [0.05, 0.1) is 13.7 Å². The number of methoxy groups -OCH3 is 1. The molecule has 0 aromatic heterocycles. The molecule has 43 heavy (non-hydrogen) atoms. The van der Waals surface area contributed by atoms with E-state index in [0.717, 1.165) is 5.56 Å². The highest BCUT2D eigenvalue weighted by Gasteiger charge is 2.23. The number of halogens is 1. The van der Waals surface area contributed by atoms with Crippen LogP contribution in [0.2, 0.25) is 0 Å². The quantitative estimate of drug-likeness (QED) is 0.147. The van der Waals surface area contributed by atoms with Gasteiger partial charge in [-0.15, -0.1) is 0 Å². The maximum absolute atomic E-state index is 13.8. The lowest BCUT2D eigenvalue weighted by molar-refractivity contribution is -0.141. The third-order valence-electron chi connectivity index (χ3n) is 6.85. The Bertz CT molecular complexity index is 1540. The van der Waals surface area contributed by atoms with E-state index >= 15 is 0 Å². The van der Waals surface area contributed by atoms with Crippen LogP contribution in [-0.4, -0.2) is 44.0 Å². The number of carbonyl (C=O) groups excluding carboxylic acids is 3. The molecular weight excluding hydrogens is 547 g/mol. The molecule has 0 aliphatic carbocycles. The fourth-order valence-corrected chi connectivity index (χ4v) is 4.61. The second-order valence-electron chi connectivity index (χ2n) is 10.3. The smallest absolute Gasteiger partial charge is 0.328 e. The second-order valence-corrected chi connectivity index (χ2v) is 10.3. The minimum atomic E-state index is -0.747. The zero-order valence-electron chi connectivity index (χ0n) is 24.5. The molecule has 1 atom stereocenters. The largest absolute Gasteiger partial charge is 0.492 e. The number of ether oxygens (including phenoxy) is 2. The Labute approximate surface area is 251 Å². The Morgan fingerprint density at radius 1 is 0.860 bits per heavy atom. The first kappa shape index (κ1) is 31.0. The average molecular weight is 583 g/mol. The fourth-order valence-electron chi connectivity index (χ4n) is 4.61. The maximum Gasteiger partial charge on any atom is 0.328 e. The Morgan fingerprint density at radius 3 is 2.23 bits per heavy atom. The molecule has 0 saturated heterocycles. The van der Waals surface area contributed by atoms with E-state index < -0.39 is 17.8 Å². The van der Waals surface area contributed by atoms with E-state index in [2.05, 4.69) is 5.32 Å². The molecule has 0 spiro atoms. The summed E-state index contributed by atoms with van der Waals surface area (Å²) in [5.74, 6) is -0.836. The third-order valence-corrected chi connectivity index (χ3v) is 6.85. The summed E-state index contributed by atoms with van der Waals surface area (Å²) in [6, 6.07) is 28.5. The van der Waals surface area contributed by atoms with Crippen LogP contribution in [0.15, 0.2) is 103 Å². The van der Waals surface area contributed by atoms with E-state index in [1.54, 1.807) is 86.6 Å². The van der Waals surface area contributed by atoms with Crippen molar-refractivity contribution < 1.29 is 28.2 Å². The highest BCUT2D eigenvalue weighted by atomic mass is 19.1. The van der Waals surface area contributed by atoms with Crippen LogP contribution in [0, 0.1) is 11.7 Å². The van der Waals surface area contributed by atoms with Crippen LogP contribution in [0.25, 0.3) is 0 Å². The van der Waals surface area contributed by atoms with Crippen molar-refractivity contribution in [1.29, 1.82) is 0 Å². The second kappa shape index (κ2) is 14.8. The predicted molar refractivity (Wildman–Crippen MR) is 165 cm³/mol. The van der Waals surface area contributed by atoms with Crippen molar-refractivity contribution in [3.8, 4) is 5.75 Å². The summed E-state index contributed by atoms with van der Waals surface area (Å²) in [4.78, 5) is 40.2. The summed E-state index contributed by atoms with van der Waals surface area (Å²) < 4.78 is 24.8. The van der Waals surface area contributed by atoms with Gasteiger partial charge in [0.25, 0.3) is 0 Å². The molecule has 222 valence electrons. The number of anilines is 2. The molecule has 0 saturated carbocycles. The van der Waals surface area contributed by atoms with Crippen LogP contribution < -0.4 is 15.0 Å². The van der Waals surface area contributed by atoms with Gasteiger partial charge in [0.15, 0.2) is 5.78 Å². The van der Waals surface area contributed by atoms with Crippen LogP contribution in [0.3, 0.4) is 0 Å². The fraction of sp³-hybridized carbons (Fsp3) is 0.229. The van der Waals surface area contributed by atoms with Crippen molar-refractivity contribution in [3.05, 3.63) is 126 Å². The molecule has 0 fully saturated rings. The van der Waals surface area contributed by atoms with Gasteiger partial charge in [0.1, 0.15) is 24.2 Å². The number of nitrogens with one attached hydrogen (secondary N) is 1. The number of hydrogen-bond acceptors (Lipinski definition) is 6. The summed E-state index contributed by atoms with van der Waals surface area (Å²) in [5, 5.41) is 3.21. The van der Waals surface area contributed by atoms with Gasteiger partial charge in [-0.05, 0) is 48.0 Å². The number of hydrogen-bond donors (Lipinski definition) is 1. The molecule has 7 nitrogen and oxygen atoms in total. The van der Waals surface area contributed by atoms with Gasteiger partial charge in [-0.3, -0.25) is 9.59 Å². The third kappa shape index (κ3) is 8.29. The normalized spacial score (nSPS) is 11.5. The van der Waals surface area contributed by atoms with Crippen molar-refractivity contribution in [2.45, 2.75) is 26.3 Å². The molecule has 0 radical (unpaired) electrons. The van der Waals surface area contributed by atoms with E-state index in [4.69, 9.17) is 9.47 Å². The maximum atomic E-state index is 13.8. The van der Waals surface area contributed by atoms with Crippen LogP contribution in [0.1, 0.15) is 35.3 Å². The van der Waals surface area contributed by atoms with Gasteiger partial charge in [0.2, 0.25) is 5.91 Å². The first-order chi connectivity index (χ1) is 20.8. The molecule has 0 unspecified atom stereocenters. The molecule has 0 aliphatic heterocycles. The molecule has 4 aromatic rings. The first-order valence-electron chi connectivity index (χ1n) is 14.1. The molecule has 0 bridgehead atoms. The minimum absolute atomic E-state index is 0.127. The van der Waals surface area contributed by atoms with Crippen molar-refractivity contribution >= 4 is 29.0 Å². The number of amides is 1. The minimum Gasteiger partial charge on any atom is -0.492 e. The van der Waals surface area contributed by atoms with Crippen LogP contribution >= 0.6 is 0 Å². The number of esters is 1. The zero-order chi connectivity index (χ0) is 30.8. The van der Waals surface area contributed by atoms with E-state index in [9.17, 15) is 18.8 Å². The Balaban J connectivity index is 1.42. The first-order valence-corrected chi connectivity index (χ1v) is 14.1. The molecule has 1 N–H and O–H groups in total. The molecule has 1 amide bonds. The molecular formula is C35H35FN2O5. The highest BCUT2D eigenvalue weighted by Crippen LogP contribution is 2.23. The number of benzene rings is 4. The summed E-state index contributed by atoms with van der Waals surface area (Å²) >= 11 is 0. The van der Waals surface area contributed by atoms with Gasteiger partial charge >= 0.3 is 5.97 Å². The molecule has 4 rings (SSSR count). The summed E-state index contributed by atoms with van der Waals surface area (Å²) in [6.07, 6.45) is 0.303. The Kier molecular flexibility index (Phi) is 10.6. The highest BCUT2D eigenvalue weighted by molar-refractivity contribution is 6.12. The van der Waals surface area contributed by atoms with E-state index in [-0.39, 0.29) is 30.8 Å². The van der Waals surface area contributed by atoms with Gasteiger partial charge in [0, 0.05) is 34.8 Å². The standard InChI is InChI=1S/C35H35FN2O5/c1-24(2)34(40)38(28-13-9-12-27(36)23-28)20-21-43-29-18-16-25(17-19-29)22-32(35(41)42-3)37-31-15-8-7-14-30(31)33(39)26-10-5-4-6-11-26/h4-19,23-24,32,37H,20-22H2,1-3H3/t32-/m0/s1. The number of rotatable bonds is 13. The van der Waals surface area contributed by atoms with Crippen molar-refractivity contribution in [2.75, 3.05) is 30.5 Å². The molecule has 4 aromatic carbocycles. The predicted octanol–water partition coefficient (Wildman–Crippen LogP) is 6.32. The van der Waals surface area contributed by atoms with Gasteiger partial charge in [-0.2, -0.15) is 0 Å². The average Bonchev–Trinajstić information content (AvgIpc) is 3.03. The summed E-state index contributed by atoms with van der Waals surface area (Å²) in [5.41, 5.74) is 2.86. The van der Waals surface area contributed by atoms with Gasteiger partial charge in [-0.25, -0.2) is 9.18 Å². The van der Waals surface area contributed by atoms with Crippen LogP contribution in [-0.2, 0) is 20.7 Å². The van der Waals surface area contributed by atoms with Gasteiger partial charge in [-0.1, -0.05) is 74.5 Å². The molecule has 0 heterocycles. The molecule has 0 aliphatic rings. The lowest BCUT2D eigenvalue weighted by atomic mass is 10.00. The summed E-state index contributed by atoms with van der Waals surface area (Å²) in [7, 11) is 1.33.